The third kappa shape index (κ3) is 3.31. The van der Waals surface area contributed by atoms with E-state index in [-0.39, 0.29) is 6.04 Å². The van der Waals surface area contributed by atoms with E-state index in [2.05, 4.69) is 17.4 Å². The lowest BCUT2D eigenvalue weighted by molar-refractivity contribution is 0.207. The first-order valence-electron chi connectivity index (χ1n) is 6.27. The third-order valence-corrected chi connectivity index (χ3v) is 3.34. The minimum Gasteiger partial charge on any atom is -0.311 e. The van der Waals surface area contributed by atoms with Crippen LogP contribution < -0.4 is 5.32 Å². The van der Waals surface area contributed by atoms with Crippen molar-refractivity contribution in [1.82, 2.24) is 5.32 Å². The zero-order valence-electron chi connectivity index (χ0n) is 9.66. The van der Waals surface area contributed by atoms with Crippen LogP contribution in [0.15, 0.2) is 30.3 Å². The summed E-state index contributed by atoms with van der Waals surface area (Å²) in [6.45, 7) is 0.983. The monoisotopic (exact) mass is 221 g/mol. The van der Waals surface area contributed by atoms with Gasteiger partial charge < -0.3 is 5.32 Å². The van der Waals surface area contributed by atoms with Crippen LogP contribution in [0.2, 0.25) is 0 Å². The zero-order valence-corrected chi connectivity index (χ0v) is 9.66. The Bertz CT molecular complexity index is 293. The van der Waals surface area contributed by atoms with E-state index in [1.165, 1.54) is 18.4 Å². The van der Waals surface area contributed by atoms with E-state index >= 15 is 0 Å². The maximum atomic E-state index is 13.9. The summed E-state index contributed by atoms with van der Waals surface area (Å²) >= 11 is 0. The van der Waals surface area contributed by atoms with Crippen LogP contribution in [-0.4, -0.2) is 18.8 Å². The van der Waals surface area contributed by atoms with Gasteiger partial charge in [-0.1, -0.05) is 36.8 Å². The molecule has 1 aliphatic heterocycles. The molecule has 16 heavy (non-hydrogen) atoms. The molecule has 1 N–H and O–H groups in total. The van der Waals surface area contributed by atoms with Crippen molar-refractivity contribution < 1.29 is 4.39 Å². The van der Waals surface area contributed by atoms with Gasteiger partial charge in [0.1, 0.15) is 6.17 Å². The molecular formula is C14H20FN. The van der Waals surface area contributed by atoms with Gasteiger partial charge in [0, 0.05) is 6.04 Å². The van der Waals surface area contributed by atoms with Crippen molar-refractivity contribution in [1.29, 1.82) is 0 Å². The Morgan fingerprint density at radius 3 is 2.75 bits per heavy atom. The first-order valence-corrected chi connectivity index (χ1v) is 6.27. The lowest BCUT2D eigenvalue weighted by Gasteiger charge is -2.26. The Hall–Kier alpha value is -0.890. The van der Waals surface area contributed by atoms with E-state index in [9.17, 15) is 4.39 Å². The van der Waals surface area contributed by atoms with E-state index in [0.29, 0.717) is 6.42 Å². The average Bonchev–Trinajstić information content (AvgIpc) is 2.38. The molecule has 0 radical (unpaired) electrons. The highest BCUT2D eigenvalue weighted by atomic mass is 19.1. The zero-order chi connectivity index (χ0) is 11.2. The summed E-state index contributed by atoms with van der Waals surface area (Å²) in [5.41, 5.74) is 1.24. The number of piperidine rings is 1. The van der Waals surface area contributed by atoms with E-state index in [1.54, 1.807) is 0 Å². The number of halogens is 1. The lowest BCUT2D eigenvalue weighted by Crippen LogP contribution is -2.41. The van der Waals surface area contributed by atoms with Crippen molar-refractivity contribution in [3.05, 3.63) is 35.9 Å². The Morgan fingerprint density at radius 1 is 1.25 bits per heavy atom. The molecule has 88 valence electrons. The molecule has 1 fully saturated rings. The van der Waals surface area contributed by atoms with Gasteiger partial charge >= 0.3 is 0 Å². The number of nitrogens with one attached hydrogen (secondary N) is 1. The molecule has 1 heterocycles. The molecule has 1 nitrogen and oxygen atoms in total. The lowest BCUT2D eigenvalue weighted by atomic mass is 9.96. The highest BCUT2D eigenvalue weighted by Crippen LogP contribution is 2.17. The summed E-state index contributed by atoms with van der Waals surface area (Å²) in [5.74, 6) is 0. The molecule has 1 aliphatic rings. The summed E-state index contributed by atoms with van der Waals surface area (Å²) in [6, 6.07) is 10.3. The van der Waals surface area contributed by atoms with Gasteiger partial charge in [0.25, 0.3) is 0 Å². The van der Waals surface area contributed by atoms with E-state index in [0.717, 1.165) is 19.4 Å². The molecule has 1 saturated heterocycles. The molecule has 2 unspecified atom stereocenters. The van der Waals surface area contributed by atoms with Crippen LogP contribution in [0, 0.1) is 0 Å². The fourth-order valence-corrected chi connectivity index (χ4v) is 2.34. The Labute approximate surface area is 97.1 Å². The van der Waals surface area contributed by atoms with Crippen LogP contribution in [0.4, 0.5) is 4.39 Å². The normalized spacial score (nSPS) is 22.9. The molecule has 0 aliphatic carbocycles. The van der Waals surface area contributed by atoms with E-state index < -0.39 is 6.17 Å². The van der Waals surface area contributed by atoms with Gasteiger partial charge in [0.15, 0.2) is 0 Å². The largest absolute Gasteiger partial charge is 0.311 e. The van der Waals surface area contributed by atoms with E-state index in [4.69, 9.17) is 0 Å². The quantitative estimate of drug-likeness (QED) is 0.823. The van der Waals surface area contributed by atoms with Crippen molar-refractivity contribution in [2.45, 2.75) is 44.3 Å². The highest BCUT2D eigenvalue weighted by Gasteiger charge is 2.22. The topological polar surface area (TPSA) is 12.0 Å². The van der Waals surface area contributed by atoms with Crippen LogP contribution in [0.25, 0.3) is 0 Å². The molecule has 1 aromatic carbocycles. The van der Waals surface area contributed by atoms with E-state index in [1.807, 2.05) is 18.2 Å². The molecule has 2 heteroatoms. The fraction of sp³-hybridized carbons (Fsp3) is 0.571. The van der Waals surface area contributed by atoms with Gasteiger partial charge in [-0.3, -0.25) is 0 Å². The van der Waals surface area contributed by atoms with Crippen molar-refractivity contribution in [2.24, 2.45) is 0 Å². The van der Waals surface area contributed by atoms with Crippen LogP contribution in [0.5, 0.6) is 0 Å². The van der Waals surface area contributed by atoms with Crippen molar-refractivity contribution in [3.8, 4) is 0 Å². The molecule has 2 rings (SSSR count). The summed E-state index contributed by atoms with van der Waals surface area (Å²) in [4.78, 5) is 0. The second-order valence-corrected chi connectivity index (χ2v) is 4.60. The third-order valence-electron chi connectivity index (χ3n) is 3.34. The minimum absolute atomic E-state index is 0.0949. The second kappa shape index (κ2) is 6.00. The molecular weight excluding hydrogens is 201 g/mol. The number of rotatable bonds is 4. The number of benzene rings is 1. The van der Waals surface area contributed by atoms with Crippen LogP contribution in [0.1, 0.15) is 31.2 Å². The Kier molecular flexibility index (Phi) is 4.34. The molecule has 0 aromatic heterocycles. The summed E-state index contributed by atoms with van der Waals surface area (Å²) < 4.78 is 13.9. The average molecular weight is 221 g/mol. The fourth-order valence-electron chi connectivity index (χ4n) is 2.34. The summed E-state index contributed by atoms with van der Waals surface area (Å²) in [6.07, 6.45) is 4.16. The highest BCUT2D eigenvalue weighted by molar-refractivity contribution is 5.14. The first kappa shape index (κ1) is 11.6. The summed E-state index contributed by atoms with van der Waals surface area (Å²) in [5, 5.41) is 3.28. The second-order valence-electron chi connectivity index (χ2n) is 4.60. The molecule has 0 bridgehead atoms. The Balaban J connectivity index is 1.76. The Morgan fingerprint density at radius 2 is 2.06 bits per heavy atom. The number of aryl methyl sites for hydroxylation is 1. The minimum atomic E-state index is -0.694. The molecule has 0 spiro atoms. The maximum Gasteiger partial charge on any atom is 0.116 e. The van der Waals surface area contributed by atoms with Gasteiger partial charge in [-0.2, -0.15) is 0 Å². The standard InChI is InChI=1S/C14H20FN/c15-13(14-8-4-5-11-16-14)10-9-12-6-2-1-3-7-12/h1-3,6-7,13-14,16H,4-5,8-11H2. The molecule has 0 amide bonds. The van der Waals surface area contributed by atoms with Gasteiger partial charge in [-0.15, -0.1) is 0 Å². The number of hydrogen-bond donors (Lipinski definition) is 1. The van der Waals surface area contributed by atoms with Crippen molar-refractivity contribution >= 4 is 0 Å². The van der Waals surface area contributed by atoms with Crippen LogP contribution in [-0.2, 0) is 6.42 Å². The molecule has 1 aromatic rings. The van der Waals surface area contributed by atoms with Crippen molar-refractivity contribution in [3.63, 3.8) is 0 Å². The van der Waals surface area contributed by atoms with Crippen LogP contribution in [0.3, 0.4) is 0 Å². The van der Waals surface area contributed by atoms with Gasteiger partial charge in [-0.25, -0.2) is 4.39 Å². The molecule has 2 atom stereocenters. The predicted octanol–water partition coefficient (Wildman–Crippen LogP) is 3.10. The predicted molar refractivity (Wildman–Crippen MR) is 65.3 cm³/mol. The summed E-state index contributed by atoms with van der Waals surface area (Å²) in [7, 11) is 0. The first-order chi connectivity index (χ1) is 7.86. The number of hydrogen-bond acceptors (Lipinski definition) is 1. The van der Waals surface area contributed by atoms with Crippen molar-refractivity contribution in [2.75, 3.05) is 6.54 Å². The van der Waals surface area contributed by atoms with Crippen LogP contribution >= 0.6 is 0 Å². The van der Waals surface area contributed by atoms with Gasteiger partial charge in [-0.05, 0) is 37.8 Å². The van der Waals surface area contributed by atoms with Gasteiger partial charge in [0.05, 0.1) is 0 Å². The SMILES string of the molecule is FC(CCc1ccccc1)C1CCCCN1. The smallest absolute Gasteiger partial charge is 0.116 e. The maximum absolute atomic E-state index is 13.9. The van der Waals surface area contributed by atoms with Gasteiger partial charge in [0.2, 0.25) is 0 Å². The number of alkyl halides is 1. The molecule has 0 saturated carbocycles.